The predicted molar refractivity (Wildman–Crippen MR) is 103 cm³/mol. The van der Waals surface area contributed by atoms with Crippen LogP contribution in [0.5, 0.6) is 0 Å². The molecule has 2 saturated carbocycles. The predicted octanol–water partition coefficient (Wildman–Crippen LogP) is 2.68. The van der Waals surface area contributed by atoms with Gasteiger partial charge in [0.05, 0.1) is 11.4 Å². The number of piperazine rings is 1. The molecule has 2 aliphatic heterocycles. The fraction of sp³-hybridized carbons (Fsp3) is 0.600. The minimum Gasteiger partial charge on any atom is -0.336 e. The van der Waals surface area contributed by atoms with Gasteiger partial charge in [0.1, 0.15) is 0 Å². The number of nitrogens with one attached hydrogen (secondary N) is 1. The van der Waals surface area contributed by atoms with Crippen LogP contribution in [0.4, 0.5) is 5.69 Å². The summed E-state index contributed by atoms with van der Waals surface area (Å²) in [7, 11) is 0. The molecule has 138 valence electrons. The molecule has 3 fully saturated rings. The van der Waals surface area contributed by atoms with Crippen LogP contribution in [0.3, 0.4) is 0 Å². The molecule has 0 spiro atoms. The number of rotatable bonds is 2. The molecule has 5 rings (SSSR count). The van der Waals surface area contributed by atoms with Crippen LogP contribution >= 0.6 is 11.8 Å². The molecular formula is C20H25N3O2S. The molecular weight excluding hydrogens is 346 g/mol. The Morgan fingerprint density at radius 1 is 1.12 bits per heavy atom. The summed E-state index contributed by atoms with van der Waals surface area (Å²) in [5, 5.41) is 2.88. The molecule has 6 heteroatoms. The fourth-order valence-electron chi connectivity index (χ4n) is 5.31. The fourth-order valence-corrected chi connectivity index (χ4v) is 6.10. The summed E-state index contributed by atoms with van der Waals surface area (Å²) in [6.07, 6.45) is 5.66. The van der Waals surface area contributed by atoms with E-state index >= 15 is 0 Å². The standard InChI is InChI=1S/C20H25N3O2S/c24-19-12-26-18-4-3-15(11-16(18)21-19)20(25)23-7-5-22(6-8-23)17-10-13-1-2-14(17)9-13/h3-4,11,13-14,17H,1-2,5-10,12H2,(H,21,24)/t13-,14+,17-/m1/s1. The lowest BCUT2D eigenvalue weighted by Gasteiger charge is -2.41. The van der Waals surface area contributed by atoms with Gasteiger partial charge in [-0.15, -0.1) is 11.8 Å². The van der Waals surface area contributed by atoms with E-state index < -0.39 is 0 Å². The average molecular weight is 372 g/mol. The molecule has 2 bridgehead atoms. The number of thioether (sulfide) groups is 1. The van der Waals surface area contributed by atoms with E-state index in [4.69, 9.17) is 0 Å². The first-order chi connectivity index (χ1) is 12.7. The smallest absolute Gasteiger partial charge is 0.254 e. The van der Waals surface area contributed by atoms with E-state index in [0.29, 0.717) is 11.3 Å². The van der Waals surface area contributed by atoms with Gasteiger partial charge in [0.25, 0.3) is 5.91 Å². The van der Waals surface area contributed by atoms with Gasteiger partial charge in [0.15, 0.2) is 0 Å². The minimum atomic E-state index is 0.00609. The van der Waals surface area contributed by atoms with Crippen molar-refractivity contribution in [3.63, 3.8) is 0 Å². The van der Waals surface area contributed by atoms with E-state index in [1.165, 1.54) is 37.4 Å². The van der Waals surface area contributed by atoms with Crippen molar-refractivity contribution in [2.24, 2.45) is 11.8 Å². The maximum Gasteiger partial charge on any atom is 0.254 e. The molecule has 1 aromatic carbocycles. The largest absolute Gasteiger partial charge is 0.336 e. The molecule has 3 atom stereocenters. The first-order valence-electron chi connectivity index (χ1n) is 9.77. The van der Waals surface area contributed by atoms with Crippen LogP contribution in [-0.4, -0.2) is 59.6 Å². The molecule has 2 amide bonds. The summed E-state index contributed by atoms with van der Waals surface area (Å²) in [5.41, 5.74) is 1.46. The second kappa shape index (κ2) is 6.57. The molecule has 2 aliphatic carbocycles. The zero-order chi connectivity index (χ0) is 17.7. The van der Waals surface area contributed by atoms with Gasteiger partial charge in [0.2, 0.25) is 5.91 Å². The molecule has 0 radical (unpaired) electrons. The van der Waals surface area contributed by atoms with Gasteiger partial charge in [-0.05, 0) is 49.3 Å². The first kappa shape index (κ1) is 16.6. The number of fused-ring (bicyclic) bond motifs is 3. The third kappa shape index (κ3) is 2.93. The van der Waals surface area contributed by atoms with E-state index in [0.717, 1.165) is 54.6 Å². The van der Waals surface area contributed by atoms with E-state index in [-0.39, 0.29) is 11.8 Å². The quantitative estimate of drug-likeness (QED) is 0.868. The van der Waals surface area contributed by atoms with Crippen molar-refractivity contribution in [1.82, 2.24) is 9.80 Å². The molecule has 1 N–H and O–H groups in total. The zero-order valence-electron chi connectivity index (χ0n) is 14.9. The lowest BCUT2D eigenvalue weighted by Crippen LogP contribution is -2.53. The molecule has 1 aromatic rings. The van der Waals surface area contributed by atoms with E-state index in [1.807, 2.05) is 23.1 Å². The number of amides is 2. The summed E-state index contributed by atoms with van der Waals surface area (Å²) < 4.78 is 0. The van der Waals surface area contributed by atoms with Crippen molar-refractivity contribution in [3.8, 4) is 0 Å². The van der Waals surface area contributed by atoms with Crippen molar-refractivity contribution in [2.75, 3.05) is 37.2 Å². The molecule has 26 heavy (non-hydrogen) atoms. The monoisotopic (exact) mass is 371 g/mol. The highest BCUT2D eigenvalue weighted by Crippen LogP contribution is 2.46. The summed E-state index contributed by atoms with van der Waals surface area (Å²) in [6, 6.07) is 6.46. The highest BCUT2D eigenvalue weighted by molar-refractivity contribution is 8.00. The number of hydrogen-bond acceptors (Lipinski definition) is 4. The molecule has 4 aliphatic rings. The average Bonchev–Trinajstić information content (AvgIpc) is 3.30. The van der Waals surface area contributed by atoms with Crippen molar-refractivity contribution in [3.05, 3.63) is 23.8 Å². The van der Waals surface area contributed by atoms with Gasteiger partial charge in [-0.2, -0.15) is 0 Å². The summed E-state index contributed by atoms with van der Waals surface area (Å²) in [4.78, 5) is 30.2. The number of anilines is 1. The second-order valence-corrected chi connectivity index (χ2v) is 9.14. The molecule has 1 saturated heterocycles. The molecule has 2 heterocycles. The van der Waals surface area contributed by atoms with Crippen molar-refractivity contribution in [2.45, 2.75) is 36.6 Å². The topological polar surface area (TPSA) is 52.7 Å². The van der Waals surface area contributed by atoms with Gasteiger partial charge in [-0.25, -0.2) is 0 Å². The number of nitrogens with zero attached hydrogens (tertiary/aromatic N) is 2. The third-order valence-electron chi connectivity index (χ3n) is 6.63. The molecule has 5 nitrogen and oxygen atoms in total. The van der Waals surface area contributed by atoms with Crippen LogP contribution in [0.25, 0.3) is 0 Å². The normalized spacial score (nSPS) is 31.0. The highest BCUT2D eigenvalue weighted by atomic mass is 32.2. The minimum absolute atomic E-state index is 0.00609. The molecule has 0 unspecified atom stereocenters. The van der Waals surface area contributed by atoms with Crippen LogP contribution in [-0.2, 0) is 4.79 Å². The van der Waals surface area contributed by atoms with Crippen LogP contribution in [0, 0.1) is 11.8 Å². The Hall–Kier alpha value is -1.53. The van der Waals surface area contributed by atoms with Crippen molar-refractivity contribution >= 4 is 29.3 Å². The van der Waals surface area contributed by atoms with Crippen LogP contribution in [0.1, 0.15) is 36.0 Å². The van der Waals surface area contributed by atoms with E-state index in [2.05, 4.69) is 10.2 Å². The third-order valence-corrected chi connectivity index (χ3v) is 7.70. The maximum absolute atomic E-state index is 12.9. The van der Waals surface area contributed by atoms with E-state index in [9.17, 15) is 9.59 Å². The van der Waals surface area contributed by atoms with Crippen LogP contribution in [0.2, 0.25) is 0 Å². The van der Waals surface area contributed by atoms with Crippen molar-refractivity contribution in [1.29, 1.82) is 0 Å². The Balaban J connectivity index is 1.23. The maximum atomic E-state index is 12.9. The van der Waals surface area contributed by atoms with Gasteiger partial charge in [0, 0.05) is 42.7 Å². The van der Waals surface area contributed by atoms with Gasteiger partial charge in [-0.1, -0.05) is 6.42 Å². The number of carbonyl (C=O) groups excluding carboxylic acids is 2. The number of carbonyl (C=O) groups is 2. The highest BCUT2D eigenvalue weighted by Gasteiger charge is 2.43. The van der Waals surface area contributed by atoms with Gasteiger partial charge < -0.3 is 10.2 Å². The van der Waals surface area contributed by atoms with Crippen LogP contribution < -0.4 is 5.32 Å². The Labute approximate surface area is 158 Å². The van der Waals surface area contributed by atoms with Gasteiger partial charge >= 0.3 is 0 Å². The number of benzene rings is 1. The Kier molecular flexibility index (Phi) is 4.20. The van der Waals surface area contributed by atoms with Crippen LogP contribution in [0.15, 0.2) is 23.1 Å². The number of hydrogen-bond donors (Lipinski definition) is 1. The Morgan fingerprint density at radius 3 is 2.69 bits per heavy atom. The Bertz CT molecular complexity index is 745. The SMILES string of the molecule is O=C1CSc2ccc(C(=O)N3CCN([C@@H]4C[C@@H]5CC[C@H]4C5)CC3)cc2N1. The Morgan fingerprint density at radius 2 is 1.96 bits per heavy atom. The first-order valence-corrected chi connectivity index (χ1v) is 10.8. The van der Waals surface area contributed by atoms with E-state index in [1.54, 1.807) is 0 Å². The lowest BCUT2D eigenvalue weighted by atomic mass is 9.93. The second-order valence-electron chi connectivity index (χ2n) is 8.12. The summed E-state index contributed by atoms with van der Waals surface area (Å²) >= 11 is 1.53. The summed E-state index contributed by atoms with van der Waals surface area (Å²) in [6.45, 7) is 3.62. The summed E-state index contributed by atoms with van der Waals surface area (Å²) in [5.74, 6) is 2.42. The lowest BCUT2D eigenvalue weighted by molar-refractivity contribution is -0.113. The zero-order valence-corrected chi connectivity index (χ0v) is 15.8. The van der Waals surface area contributed by atoms with Gasteiger partial charge in [-0.3, -0.25) is 14.5 Å². The molecule has 0 aromatic heterocycles. The van der Waals surface area contributed by atoms with Crippen molar-refractivity contribution < 1.29 is 9.59 Å².